The fourth-order valence-electron chi connectivity index (χ4n) is 2.98. The van der Waals surface area contributed by atoms with Crippen molar-refractivity contribution in [2.24, 2.45) is 4.99 Å². The molecular formula is C18H30N4O4S. The smallest absolute Gasteiger partial charge is 0.213 e. The maximum absolute atomic E-state index is 12.0. The van der Waals surface area contributed by atoms with Crippen LogP contribution in [0.15, 0.2) is 23.2 Å². The van der Waals surface area contributed by atoms with Gasteiger partial charge in [-0.25, -0.2) is 17.7 Å². The minimum Gasteiger partial charge on any atom is -0.504 e. The van der Waals surface area contributed by atoms with Crippen LogP contribution in [-0.2, 0) is 16.6 Å². The van der Waals surface area contributed by atoms with Gasteiger partial charge in [-0.05, 0) is 44.4 Å². The molecule has 27 heavy (non-hydrogen) atoms. The van der Waals surface area contributed by atoms with Gasteiger partial charge in [0, 0.05) is 25.7 Å². The van der Waals surface area contributed by atoms with E-state index in [-0.39, 0.29) is 17.5 Å². The highest BCUT2D eigenvalue weighted by Gasteiger charge is 2.26. The first kappa shape index (κ1) is 21.3. The van der Waals surface area contributed by atoms with E-state index in [0.717, 1.165) is 24.9 Å². The Labute approximate surface area is 161 Å². The summed E-state index contributed by atoms with van der Waals surface area (Å²) in [5.41, 5.74) is 0.870. The molecule has 1 aliphatic rings. The summed E-state index contributed by atoms with van der Waals surface area (Å²) in [6.45, 7) is 5.86. The van der Waals surface area contributed by atoms with Crippen LogP contribution in [-0.4, -0.2) is 62.3 Å². The molecule has 0 radical (unpaired) electrons. The third-order valence-electron chi connectivity index (χ3n) is 4.56. The molecule has 1 fully saturated rings. The van der Waals surface area contributed by atoms with Crippen molar-refractivity contribution < 1.29 is 18.3 Å². The number of ether oxygens (including phenoxy) is 1. The van der Waals surface area contributed by atoms with Gasteiger partial charge in [-0.3, -0.25) is 0 Å². The molecule has 8 nitrogen and oxygen atoms in total. The molecule has 0 atom stereocenters. The minimum atomic E-state index is -3.11. The second-order valence-corrected chi connectivity index (χ2v) is 8.68. The molecule has 9 heteroatoms. The van der Waals surface area contributed by atoms with Gasteiger partial charge in [0.1, 0.15) is 0 Å². The third kappa shape index (κ3) is 6.00. The maximum Gasteiger partial charge on any atom is 0.213 e. The predicted molar refractivity (Wildman–Crippen MR) is 107 cm³/mol. The van der Waals surface area contributed by atoms with E-state index < -0.39 is 10.0 Å². The Hall–Kier alpha value is -2.00. The van der Waals surface area contributed by atoms with Crippen LogP contribution in [0.4, 0.5) is 0 Å². The summed E-state index contributed by atoms with van der Waals surface area (Å²) in [6, 6.07) is 5.39. The first-order chi connectivity index (χ1) is 12.9. The van der Waals surface area contributed by atoms with E-state index in [4.69, 9.17) is 4.74 Å². The molecule has 0 bridgehead atoms. The second kappa shape index (κ2) is 9.80. The molecule has 1 heterocycles. The monoisotopic (exact) mass is 398 g/mol. The van der Waals surface area contributed by atoms with E-state index in [1.807, 2.05) is 13.0 Å². The number of methoxy groups -OCH3 is 1. The maximum atomic E-state index is 12.0. The van der Waals surface area contributed by atoms with Gasteiger partial charge in [0.25, 0.3) is 0 Å². The summed E-state index contributed by atoms with van der Waals surface area (Å²) in [5.74, 6) is 1.35. The van der Waals surface area contributed by atoms with Crippen LogP contribution in [0.25, 0.3) is 0 Å². The Morgan fingerprint density at radius 1 is 1.33 bits per heavy atom. The Kier molecular flexibility index (Phi) is 7.73. The van der Waals surface area contributed by atoms with E-state index in [1.54, 1.807) is 23.4 Å². The van der Waals surface area contributed by atoms with E-state index in [1.165, 1.54) is 7.11 Å². The molecule has 152 valence electrons. The van der Waals surface area contributed by atoms with Gasteiger partial charge >= 0.3 is 0 Å². The zero-order valence-electron chi connectivity index (χ0n) is 16.2. The molecule has 1 aromatic carbocycles. The van der Waals surface area contributed by atoms with Crippen molar-refractivity contribution in [3.05, 3.63) is 23.8 Å². The van der Waals surface area contributed by atoms with Crippen molar-refractivity contribution in [3.63, 3.8) is 0 Å². The highest BCUT2D eigenvalue weighted by atomic mass is 32.2. The number of nitrogens with zero attached hydrogens (tertiary/aromatic N) is 2. The summed E-state index contributed by atoms with van der Waals surface area (Å²) < 4.78 is 30.5. The predicted octanol–water partition coefficient (Wildman–Crippen LogP) is 1.27. The van der Waals surface area contributed by atoms with Crippen LogP contribution in [0.1, 0.15) is 32.3 Å². The molecule has 1 aliphatic heterocycles. The summed E-state index contributed by atoms with van der Waals surface area (Å²) in [5, 5.41) is 16.5. The SMILES string of the molecule is CCNC(=NCc1ccc(OC)c(O)c1)NC1CCN(S(=O)(=O)CC)CC1. The first-order valence-corrected chi connectivity index (χ1v) is 10.9. The van der Waals surface area contributed by atoms with E-state index >= 15 is 0 Å². The topological polar surface area (TPSA) is 103 Å². The molecule has 1 aromatic rings. The molecule has 3 N–H and O–H groups in total. The number of aliphatic imine (C=N–C) groups is 1. The standard InChI is InChI=1S/C18H30N4O4S/c1-4-19-18(20-13-14-6-7-17(26-3)16(23)12-14)21-15-8-10-22(11-9-15)27(24,25)5-2/h6-7,12,15,23H,4-5,8-11,13H2,1-3H3,(H2,19,20,21). The zero-order valence-corrected chi connectivity index (χ0v) is 17.1. The number of phenols is 1. The van der Waals surface area contributed by atoms with Crippen molar-refractivity contribution >= 4 is 16.0 Å². The van der Waals surface area contributed by atoms with E-state index in [9.17, 15) is 13.5 Å². The molecule has 0 unspecified atom stereocenters. The number of aromatic hydroxyl groups is 1. The van der Waals surface area contributed by atoms with Gasteiger partial charge < -0.3 is 20.5 Å². The Morgan fingerprint density at radius 3 is 2.59 bits per heavy atom. The van der Waals surface area contributed by atoms with Crippen LogP contribution in [0.2, 0.25) is 0 Å². The Balaban J connectivity index is 1.95. The molecule has 0 amide bonds. The normalized spacial score (nSPS) is 16.9. The largest absolute Gasteiger partial charge is 0.504 e. The van der Waals surface area contributed by atoms with Crippen molar-refractivity contribution in [1.29, 1.82) is 0 Å². The van der Waals surface area contributed by atoms with Crippen molar-refractivity contribution in [2.45, 2.75) is 39.3 Å². The number of benzene rings is 1. The van der Waals surface area contributed by atoms with Crippen LogP contribution >= 0.6 is 0 Å². The summed E-state index contributed by atoms with van der Waals surface area (Å²) in [4.78, 5) is 4.57. The number of hydrogen-bond acceptors (Lipinski definition) is 5. The molecule has 0 saturated carbocycles. The Morgan fingerprint density at radius 2 is 2.04 bits per heavy atom. The average molecular weight is 399 g/mol. The van der Waals surface area contributed by atoms with Crippen molar-refractivity contribution in [1.82, 2.24) is 14.9 Å². The third-order valence-corrected chi connectivity index (χ3v) is 6.44. The summed E-state index contributed by atoms with van der Waals surface area (Å²) in [6.07, 6.45) is 1.49. The molecule has 0 aliphatic carbocycles. The lowest BCUT2D eigenvalue weighted by molar-refractivity contribution is 0.306. The van der Waals surface area contributed by atoms with Gasteiger partial charge in [-0.15, -0.1) is 0 Å². The Bertz CT molecular complexity index is 744. The van der Waals surface area contributed by atoms with Crippen LogP contribution in [0.5, 0.6) is 11.5 Å². The number of sulfonamides is 1. The molecule has 0 aromatic heterocycles. The number of nitrogens with one attached hydrogen (secondary N) is 2. The average Bonchev–Trinajstić information content (AvgIpc) is 2.67. The van der Waals surface area contributed by atoms with Crippen LogP contribution in [0.3, 0.4) is 0 Å². The lowest BCUT2D eigenvalue weighted by Gasteiger charge is -2.32. The zero-order chi connectivity index (χ0) is 19.9. The molecule has 0 spiro atoms. The number of rotatable bonds is 7. The van der Waals surface area contributed by atoms with Crippen molar-refractivity contribution in [2.75, 3.05) is 32.5 Å². The highest BCUT2D eigenvalue weighted by Crippen LogP contribution is 2.26. The van der Waals surface area contributed by atoms with E-state index in [0.29, 0.717) is 31.3 Å². The number of hydrogen-bond donors (Lipinski definition) is 3. The minimum absolute atomic E-state index is 0.0904. The second-order valence-electron chi connectivity index (χ2n) is 6.42. The molecule has 2 rings (SSSR count). The summed E-state index contributed by atoms with van der Waals surface area (Å²) >= 11 is 0. The van der Waals surface area contributed by atoms with Gasteiger partial charge in [0.05, 0.1) is 19.4 Å². The van der Waals surface area contributed by atoms with Gasteiger partial charge in [0.2, 0.25) is 10.0 Å². The van der Waals surface area contributed by atoms with Crippen molar-refractivity contribution in [3.8, 4) is 11.5 Å². The molecular weight excluding hydrogens is 368 g/mol. The summed E-state index contributed by atoms with van der Waals surface area (Å²) in [7, 11) is -1.60. The highest BCUT2D eigenvalue weighted by molar-refractivity contribution is 7.89. The number of guanidine groups is 1. The van der Waals surface area contributed by atoms with Gasteiger partial charge in [-0.2, -0.15) is 0 Å². The van der Waals surface area contributed by atoms with Crippen LogP contribution < -0.4 is 15.4 Å². The quantitative estimate of drug-likeness (QED) is 0.472. The first-order valence-electron chi connectivity index (χ1n) is 9.28. The van der Waals surface area contributed by atoms with E-state index in [2.05, 4.69) is 15.6 Å². The van der Waals surface area contributed by atoms with Crippen LogP contribution in [0, 0.1) is 0 Å². The fourth-order valence-corrected chi connectivity index (χ4v) is 4.11. The van der Waals surface area contributed by atoms with Gasteiger partial charge in [-0.1, -0.05) is 6.07 Å². The number of piperidine rings is 1. The number of phenolic OH excluding ortho intramolecular Hbond substituents is 1. The van der Waals surface area contributed by atoms with Gasteiger partial charge in [0.15, 0.2) is 17.5 Å². The lowest BCUT2D eigenvalue weighted by Crippen LogP contribution is -2.50. The fraction of sp³-hybridized carbons (Fsp3) is 0.611. The lowest BCUT2D eigenvalue weighted by atomic mass is 10.1. The molecule has 1 saturated heterocycles.